The van der Waals surface area contributed by atoms with Crippen LogP contribution in [0.25, 0.3) is 0 Å². The Morgan fingerprint density at radius 3 is 2.67 bits per heavy atom. The summed E-state index contributed by atoms with van der Waals surface area (Å²) < 4.78 is 0. The molecule has 2 aliphatic carbocycles. The Hall–Kier alpha value is -1.90. The zero-order valence-electron chi connectivity index (χ0n) is 15.7. The van der Waals surface area contributed by atoms with Gasteiger partial charge in [-0.3, -0.25) is 20.1 Å². The molecule has 2 heterocycles. The van der Waals surface area contributed by atoms with Gasteiger partial charge in [0, 0.05) is 28.3 Å². The molecule has 0 spiro atoms. The van der Waals surface area contributed by atoms with E-state index >= 15 is 0 Å². The van der Waals surface area contributed by atoms with E-state index in [1.165, 1.54) is 11.3 Å². The minimum Gasteiger partial charge on any atom is -0.373 e. The van der Waals surface area contributed by atoms with Crippen LogP contribution in [-0.4, -0.2) is 37.0 Å². The number of aryl methyl sites for hydroxylation is 2. The smallest absolute Gasteiger partial charge is 0.280 e. The van der Waals surface area contributed by atoms with Gasteiger partial charge in [-0.25, -0.2) is 4.98 Å². The molecule has 0 saturated heterocycles. The molecule has 27 heavy (non-hydrogen) atoms. The summed E-state index contributed by atoms with van der Waals surface area (Å²) in [5, 5.41) is 19.7. The number of fused-ring (bicyclic) bond motifs is 2. The van der Waals surface area contributed by atoms with Crippen molar-refractivity contribution in [2.75, 3.05) is 0 Å². The molecule has 2 bridgehead atoms. The number of hydrogen-bond donors (Lipinski definition) is 3. The van der Waals surface area contributed by atoms with Gasteiger partial charge < -0.3 is 10.4 Å². The highest BCUT2D eigenvalue weighted by atomic mass is 32.1. The minimum absolute atomic E-state index is 0.0871. The lowest BCUT2D eigenvalue weighted by Crippen LogP contribution is -2.54. The largest absolute Gasteiger partial charge is 0.373 e. The van der Waals surface area contributed by atoms with E-state index in [1.807, 2.05) is 19.2 Å². The molecule has 1 unspecified atom stereocenters. The Balaban J connectivity index is 1.47. The predicted octanol–water partition coefficient (Wildman–Crippen LogP) is 2.41. The molecule has 2 aromatic heterocycles. The van der Waals surface area contributed by atoms with Crippen molar-refractivity contribution in [1.82, 2.24) is 25.6 Å². The number of aliphatic hydroxyl groups excluding tert-OH is 1. The maximum absolute atomic E-state index is 12.6. The van der Waals surface area contributed by atoms with Crippen molar-refractivity contribution in [3.05, 3.63) is 39.9 Å². The second-order valence-corrected chi connectivity index (χ2v) is 8.83. The van der Waals surface area contributed by atoms with E-state index in [2.05, 4.69) is 25.6 Å². The van der Waals surface area contributed by atoms with Gasteiger partial charge in [-0.1, -0.05) is 0 Å². The van der Waals surface area contributed by atoms with Gasteiger partial charge in [0.05, 0.1) is 11.9 Å². The molecule has 3 atom stereocenters. The fourth-order valence-corrected chi connectivity index (χ4v) is 5.28. The van der Waals surface area contributed by atoms with Crippen LogP contribution >= 0.6 is 11.3 Å². The Labute approximate surface area is 162 Å². The van der Waals surface area contributed by atoms with Crippen molar-refractivity contribution in [2.45, 2.75) is 69.7 Å². The van der Waals surface area contributed by atoms with E-state index in [1.54, 1.807) is 12.4 Å². The standard InChI is InChI=1S/C19H25N5O2S/c1-12-8-20-9-14(21-12)15(25)23-18-4-3-5-19(11-18,7-6-18)24-16(26)17-22-13(2)10-27-17/h8-10,15,23,25H,3-7,11H2,1-2H3,(H,24,26)/t15?,18-,19+/m0/s1. The van der Waals surface area contributed by atoms with Gasteiger partial charge in [0.2, 0.25) is 0 Å². The average Bonchev–Trinajstić information content (AvgIpc) is 3.16. The monoisotopic (exact) mass is 387 g/mol. The van der Waals surface area contributed by atoms with Crippen LogP contribution in [0.2, 0.25) is 0 Å². The van der Waals surface area contributed by atoms with Crippen LogP contribution in [0.1, 0.15) is 71.6 Å². The molecule has 2 saturated carbocycles. The summed E-state index contributed by atoms with van der Waals surface area (Å²) >= 11 is 1.38. The predicted molar refractivity (Wildman–Crippen MR) is 102 cm³/mol. The highest BCUT2D eigenvalue weighted by Crippen LogP contribution is 2.48. The number of nitrogens with zero attached hydrogens (tertiary/aromatic N) is 3. The van der Waals surface area contributed by atoms with Crippen LogP contribution in [0, 0.1) is 13.8 Å². The molecule has 3 N–H and O–H groups in total. The summed E-state index contributed by atoms with van der Waals surface area (Å²) in [6.07, 6.45) is 8.00. The first-order valence-electron chi connectivity index (χ1n) is 9.38. The van der Waals surface area contributed by atoms with Gasteiger partial charge in [0.15, 0.2) is 5.01 Å². The molecule has 4 rings (SSSR count). The molecule has 7 nitrogen and oxygen atoms in total. The number of hydrogen-bond acceptors (Lipinski definition) is 7. The van der Waals surface area contributed by atoms with Crippen LogP contribution in [0.5, 0.6) is 0 Å². The number of carbonyl (C=O) groups is 1. The first-order valence-corrected chi connectivity index (χ1v) is 10.3. The van der Waals surface area contributed by atoms with Crippen molar-refractivity contribution < 1.29 is 9.90 Å². The van der Waals surface area contributed by atoms with Crippen molar-refractivity contribution in [1.29, 1.82) is 0 Å². The van der Waals surface area contributed by atoms with Gasteiger partial charge in [0.25, 0.3) is 5.91 Å². The SMILES string of the molecule is Cc1cncc(C(O)N[C@@]23CCC[C@@](NC(=O)c4nc(C)cs4)(CC2)C3)n1. The third-order valence-corrected chi connectivity index (χ3v) is 6.72. The fraction of sp³-hybridized carbons (Fsp3) is 0.579. The highest BCUT2D eigenvalue weighted by molar-refractivity contribution is 7.11. The molecule has 144 valence electrons. The van der Waals surface area contributed by atoms with Crippen LogP contribution in [0.15, 0.2) is 17.8 Å². The molecular formula is C19H25N5O2S. The Bertz CT molecular complexity index is 856. The van der Waals surface area contributed by atoms with Gasteiger partial charge in [-0.05, 0) is 52.4 Å². The lowest BCUT2D eigenvalue weighted by Gasteiger charge is -2.41. The Morgan fingerprint density at radius 2 is 1.93 bits per heavy atom. The highest BCUT2D eigenvalue weighted by Gasteiger charge is 2.52. The summed E-state index contributed by atoms with van der Waals surface area (Å²) in [6, 6.07) is 0. The zero-order chi connectivity index (χ0) is 19.1. The number of aliphatic hydroxyl groups is 1. The first kappa shape index (κ1) is 18.5. The van der Waals surface area contributed by atoms with Crippen LogP contribution in [-0.2, 0) is 0 Å². The summed E-state index contributed by atoms with van der Waals surface area (Å²) in [5.74, 6) is -0.0871. The van der Waals surface area contributed by atoms with Crippen LogP contribution < -0.4 is 10.6 Å². The van der Waals surface area contributed by atoms with E-state index in [9.17, 15) is 9.90 Å². The lowest BCUT2D eigenvalue weighted by molar-refractivity contribution is 0.0659. The number of carbonyl (C=O) groups excluding carboxylic acids is 1. The van der Waals surface area contributed by atoms with E-state index in [0.29, 0.717) is 10.7 Å². The van der Waals surface area contributed by atoms with E-state index in [0.717, 1.165) is 49.9 Å². The second kappa shape index (κ2) is 6.92. The molecule has 0 aliphatic heterocycles. The molecule has 0 aromatic carbocycles. The summed E-state index contributed by atoms with van der Waals surface area (Å²) in [7, 11) is 0. The third-order valence-electron chi connectivity index (χ3n) is 5.76. The molecule has 2 fully saturated rings. The van der Waals surface area contributed by atoms with Crippen molar-refractivity contribution in [2.24, 2.45) is 0 Å². The fourth-order valence-electron chi connectivity index (χ4n) is 4.59. The van der Waals surface area contributed by atoms with E-state index in [-0.39, 0.29) is 17.0 Å². The quantitative estimate of drug-likeness (QED) is 0.681. The van der Waals surface area contributed by atoms with Crippen molar-refractivity contribution >= 4 is 17.2 Å². The van der Waals surface area contributed by atoms with Crippen molar-refractivity contribution in [3.63, 3.8) is 0 Å². The molecule has 2 aliphatic rings. The summed E-state index contributed by atoms with van der Waals surface area (Å²) in [4.78, 5) is 25.4. The van der Waals surface area contributed by atoms with E-state index in [4.69, 9.17) is 0 Å². The van der Waals surface area contributed by atoms with Gasteiger partial charge >= 0.3 is 0 Å². The van der Waals surface area contributed by atoms with Crippen LogP contribution in [0.3, 0.4) is 0 Å². The zero-order valence-corrected chi connectivity index (χ0v) is 16.5. The summed E-state index contributed by atoms with van der Waals surface area (Å²) in [6.45, 7) is 3.75. The molecule has 1 amide bonds. The summed E-state index contributed by atoms with van der Waals surface area (Å²) in [5.41, 5.74) is 1.78. The second-order valence-electron chi connectivity index (χ2n) is 7.97. The van der Waals surface area contributed by atoms with E-state index < -0.39 is 6.23 Å². The minimum atomic E-state index is -0.858. The van der Waals surface area contributed by atoms with Gasteiger partial charge in [0.1, 0.15) is 11.9 Å². The molecular weight excluding hydrogens is 362 g/mol. The lowest BCUT2D eigenvalue weighted by atomic mass is 9.78. The number of aromatic nitrogens is 3. The van der Waals surface area contributed by atoms with Gasteiger partial charge in [-0.15, -0.1) is 11.3 Å². The maximum Gasteiger partial charge on any atom is 0.280 e. The molecule has 8 heteroatoms. The third kappa shape index (κ3) is 3.74. The van der Waals surface area contributed by atoms with Crippen molar-refractivity contribution in [3.8, 4) is 0 Å². The first-order chi connectivity index (χ1) is 12.9. The molecule has 0 radical (unpaired) electrons. The number of thiazole rings is 1. The average molecular weight is 388 g/mol. The number of amides is 1. The topological polar surface area (TPSA) is 100 Å². The van der Waals surface area contributed by atoms with Gasteiger partial charge in [-0.2, -0.15) is 0 Å². The number of rotatable bonds is 5. The molecule has 2 aromatic rings. The number of nitrogens with one attached hydrogen (secondary N) is 2. The van der Waals surface area contributed by atoms with Crippen LogP contribution in [0.4, 0.5) is 0 Å². The normalized spacial score (nSPS) is 28.1. The maximum atomic E-state index is 12.6. The Morgan fingerprint density at radius 1 is 1.15 bits per heavy atom. The Kier molecular flexibility index (Phi) is 4.73.